The zero-order chi connectivity index (χ0) is 15.0. The van der Waals surface area contributed by atoms with Gasteiger partial charge in [-0.3, -0.25) is 9.59 Å². The van der Waals surface area contributed by atoms with Crippen LogP contribution in [-0.4, -0.2) is 17.1 Å². The number of hydrogen-bond acceptors (Lipinski definition) is 2. The molecular weight excluding hydrogens is 309 g/mol. The van der Waals surface area contributed by atoms with Crippen LogP contribution < -0.4 is 0 Å². The third kappa shape index (κ3) is 2.13. The minimum absolute atomic E-state index is 0.199. The first-order chi connectivity index (χ1) is 10.2. The summed E-state index contributed by atoms with van der Waals surface area (Å²) in [6, 6.07) is 9.52. The number of nitrogens with zero attached hydrogens (tertiary/aromatic N) is 1. The first-order valence-corrected chi connectivity index (χ1v) is 7.21. The molecule has 1 aromatic heterocycles. The fraction of sp³-hybridized carbons (Fsp3) is 0.125. The molecule has 2 aromatic rings. The second-order valence-corrected chi connectivity index (χ2v) is 5.51. The van der Waals surface area contributed by atoms with E-state index < -0.39 is 0 Å². The van der Waals surface area contributed by atoms with Crippen LogP contribution in [0.4, 0.5) is 0 Å². The normalized spacial score (nSPS) is 15.7. The highest BCUT2D eigenvalue weighted by Crippen LogP contribution is 2.42. The van der Waals surface area contributed by atoms with Crippen molar-refractivity contribution in [2.75, 3.05) is 0 Å². The van der Waals surface area contributed by atoms with Gasteiger partial charge < -0.3 is 4.57 Å². The van der Waals surface area contributed by atoms with Crippen molar-refractivity contribution in [1.29, 1.82) is 0 Å². The summed E-state index contributed by atoms with van der Waals surface area (Å²) >= 11 is 12.6. The van der Waals surface area contributed by atoms with Gasteiger partial charge in [-0.25, -0.2) is 0 Å². The van der Waals surface area contributed by atoms with E-state index in [1.54, 1.807) is 4.57 Å². The largest absolute Gasteiger partial charge is 0.336 e. The molecule has 0 saturated heterocycles. The number of rotatable bonds is 3. The predicted octanol–water partition coefficient (Wildman–Crippen LogP) is 4.28. The number of carbonyl (C=O) groups is 2. The van der Waals surface area contributed by atoms with E-state index in [-0.39, 0.29) is 5.02 Å². The highest BCUT2D eigenvalue weighted by atomic mass is 35.5. The molecule has 1 aliphatic rings. The zero-order valence-electron chi connectivity index (χ0n) is 11.0. The first kappa shape index (κ1) is 14.1. The van der Waals surface area contributed by atoms with Crippen molar-refractivity contribution in [2.24, 2.45) is 0 Å². The lowest BCUT2D eigenvalue weighted by Crippen LogP contribution is -1.97. The second kappa shape index (κ2) is 5.51. The van der Waals surface area contributed by atoms with Gasteiger partial charge in [-0.2, -0.15) is 0 Å². The molecule has 0 saturated carbocycles. The van der Waals surface area contributed by atoms with Gasteiger partial charge in [-0.05, 0) is 17.6 Å². The molecule has 21 heavy (non-hydrogen) atoms. The summed E-state index contributed by atoms with van der Waals surface area (Å²) in [7, 11) is 0. The maximum atomic E-state index is 11.3. The van der Waals surface area contributed by atoms with Gasteiger partial charge in [0.25, 0.3) is 0 Å². The molecule has 0 fully saturated rings. The number of fused-ring (bicyclic) bond motifs is 1. The third-order valence-electron chi connectivity index (χ3n) is 3.67. The molecule has 1 aromatic carbocycles. The summed E-state index contributed by atoms with van der Waals surface area (Å²) in [6.07, 6.45) is 2.03. The van der Waals surface area contributed by atoms with E-state index in [0.717, 1.165) is 11.1 Å². The number of aromatic nitrogens is 1. The van der Waals surface area contributed by atoms with Crippen LogP contribution in [-0.2, 0) is 6.54 Å². The van der Waals surface area contributed by atoms with Crippen molar-refractivity contribution in [3.8, 4) is 0 Å². The van der Waals surface area contributed by atoms with Crippen LogP contribution in [0.25, 0.3) is 10.6 Å². The molecule has 3 rings (SSSR count). The van der Waals surface area contributed by atoms with Crippen molar-refractivity contribution < 1.29 is 9.59 Å². The van der Waals surface area contributed by atoms with Gasteiger partial charge in [0.15, 0.2) is 12.6 Å². The molecule has 0 radical (unpaired) electrons. The summed E-state index contributed by atoms with van der Waals surface area (Å²) in [4.78, 5) is 22.5. The van der Waals surface area contributed by atoms with Crippen molar-refractivity contribution >= 4 is 46.4 Å². The minimum Gasteiger partial charge on any atom is -0.336 e. The van der Waals surface area contributed by atoms with Gasteiger partial charge in [0.05, 0.1) is 21.3 Å². The molecule has 3 nitrogen and oxygen atoms in total. The number of benzene rings is 1. The number of halogens is 2. The van der Waals surface area contributed by atoms with Crippen LogP contribution >= 0.6 is 23.2 Å². The summed E-state index contributed by atoms with van der Waals surface area (Å²) in [5, 5.41) is 0.786. The van der Waals surface area contributed by atoms with Crippen LogP contribution in [0.3, 0.4) is 0 Å². The Balaban J connectivity index is 2.25. The quantitative estimate of drug-likeness (QED) is 0.792. The second-order valence-electron chi connectivity index (χ2n) is 4.76. The Morgan fingerprint density at radius 3 is 2.48 bits per heavy atom. The Morgan fingerprint density at radius 1 is 1.14 bits per heavy atom. The molecular formula is C16H11Cl2NO2. The Labute approximate surface area is 131 Å². The standard InChI is InChI=1S/C16H11Cl2NO2/c17-14(10-4-2-1-3-5-10)11-6-7-19-13(9-21)15(18)12(8-20)16(11)19/h1-5,8-9H,6-7H2/b14-11-. The monoisotopic (exact) mass is 319 g/mol. The van der Waals surface area contributed by atoms with Gasteiger partial charge in [0.2, 0.25) is 0 Å². The SMILES string of the molecule is O=Cc1c(Cl)c(C=O)n2c1/C(=C(\Cl)c1ccccc1)CC2. The van der Waals surface area contributed by atoms with Crippen LogP contribution in [0.2, 0.25) is 5.02 Å². The molecule has 0 bridgehead atoms. The molecule has 106 valence electrons. The molecule has 0 spiro atoms. The fourth-order valence-corrected chi connectivity index (χ4v) is 3.31. The smallest absolute Gasteiger partial charge is 0.168 e. The Bertz CT molecular complexity index is 760. The third-order valence-corrected chi connectivity index (χ3v) is 4.51. The zero-order valence-corrected chi connectivity index (χ0v) is 12.5. The highest BCUT2D eigenvalue weighted by Gasteiger charge is 2.29. The summed E-state index contributed by atoms with van der Waals surface area (Å²) in [6.45, 7) is 0.593. The maximum Gasteiger partial charge on any atom is 0.168 e. The summed E-state index contributed by atoms with van der Waals surface area (Å²) in [5.74, 6) is 0. The van der Waals surface area contributed by atoms with Crippen LogP contribution in [0.15, 0.2) is 30.3 Å². The molecule has 2 heterocycles. The van der Waals surface area contributed by atoms with E-state index in [9.17, 15) is 9.59 Å². The molecule has 0 N–H and O–H groups in total. The van der Waals surface area contributed by atoms with Gasteiger partial charge in [-0.15, -0.1) is 0 Å². The predicted molar refractivity (Wildman–Crippen MR) is 83.9 cm³/mol. The van der Waals surface area contributed by atoms with E-state index in [1.165, 1.54) is 0 Å². The van der Waals surface area contributed by atoms with E-state index in [2.05, 4.69) is 0 Å². The maximum absolute atomic E-state index is 11.3. The number of aldehydes is 2. The van der Waals surface area contributed by atoms with Gasteiger partial charge in [-0.1, -0.05) is 53.5 Å². The fourth-order valence-electron chi connectivity index (χ4n) is 2.72. The lowest BCUT2D eigenvalue weighted by Gasteiger charge is -2.05. The molecule has 5 heteroatoms. The molecule has 1 aliphatic heterocycles. The highest BCUT2D eigenvalue weighted by molar-refractivity contribution is 6.52. The van der Waals surface area contributed by atoms with Crippen LogP contribution in [0.5, 0.6) is 0 Å². The average molecular weight is 320 g/mol. The van der Waals surface area contributed by atoms with Gasteiger partial charge >= 0.3 is 0 Å². The number of hydrogen-bond donors (Lipinski definition) is 0. The molecule has 0 atom stereocenters. The lowest BCUT2D eigenvalue weighted by atomic mass is 10.0. The Hall–Kier alpha value is -1.84. The molecule has 0 aliphatic carbocycles. The lowest BCUT2D eigenvalue weighted by molar-refractivity contribution is 0.111. The Morgan fingerprint density at radius 2 is 1.86 bits per heavy atom. The Kier molecular flexibility index (Phi) is 3.70. The topological polar surface area (TPSA) is 39.1 Å². The first-order valence-electron chi connectivity index (χ1n) is 6.45. The van der Waals surface area contributed by atoms with Crippen molar-refractivity contribution in [1.82, 2.24) is 4.57 Å². The van der Waals surface area contributed by atoms with E-state index >= 15 is 0 Å². The summed E-state index contributed by atoms with van der Waals surface area (Å²) in [5.41, 5.74) is 3.05. The molecule has 0 unspecified atom stereocenters. The van der Waals surface area contributed by atoms with E-state index in [1.807, 2.05) is 30.3 Å². The van der Waals surface area contributed by atoms with E-state index in [4.69, 9.17) is 23.2 Å². The average Bonchev–Trinajstić information content (AvgIpc) is 3.04. The number of allylic oxidation sites excluding steroid dienone is 1. The molecule has 0 amide bonds. The van der Waals surface area contributed by atoms with Crippen LogP contribution in [0.1, 0.15) is 38.5 Å². The van der Waals surface area contributed by atoms with Crippen molar-refractivity contribution in [3.63, 3.8) is 0 Å². The van der Waals surface area contributed by atoms with Gasteiger partial charge in [0.1, 0.15) is 5.69 Å². The minimum atomic E-state index is 0.199. The van der Waals surface area contributed by atoms with Crippen molar-refractivity contribution in [3.05, 3.63) is 57.9 Å². The van der Waals surface area contributed by atoms with Crippen LogP contribution in [0, 0.1) is 0 Å². The van der Waals surface area contributed by atoms with Gasteiger partial charge in [0, 0.05) is 6.54 Å². The number of carbonyl (C=O) groups excluding carboxylic acids is 2. The van der Waals surface area contributed by atoms with E-state index in [0.29, 0.717) is 47.5 Å². The summed E-state index contributed by atoms with van der Waals surface area (Å²) < 4.78 is 1.76. The van der Waals surface area contributed by atoms with Crippen molar-refractivity contribution in [2.45, 2.75) is 13.0 Å².